The van der Waals surface area contributed by atoms with Crippen molar-refractivity contribution in [2.75, 3.05) is 6.54 Å². The minimum absolute atomic E-state index is 0.141. The van der Waals surface area contributed by atoms with Crippen molar-refractivity contribution >= 4 is 15.9 Å². The van der Waals surface area contributed by atoms with Crippen LogP contribution in [0.3, 0.4) is 0 Å². The van der Waals surface area contributed by atoms with Crippen LogP contribution < -0.4 is 5.32 Å². The third kappa shape index (κ3) is 2.58. The summed E-state index contributed by atoms with van der Waals surface area (Å²) in [7, 11) is 0. The maximum absolute atomic E-state index is 13.4. The molecule has 1 unspecified atom stereocenters. The molecule has 1 fully saturated rings. The van der Waals surface area contributed by atoms with E-state index in [0.29, 0.717) is 10.5 Å². The average Bonchev–Trinajstić information content (AvgIpc) is 2.66. The van der Waals surface area contributed by atoms with Gasteiger partial charge in [0.1, 0.15) is 5.82 Å². The minimum atomic E-state index is -0.141. The molecule has 1 nitrogen and oxygen atoms in total. The molecule has 3 heteroatoms. The summed E-state index contributed by atoms with van der Waals surface area (Å²) in [5.74, 6) is -0.141. The molecule has 1 aromatic carbocycles. The Labute approximate surface area is 98.2 Å². The molecule has 0 radical (unpaired) electrons. The maximum Gasteiger partial charge on any atom is 0.140 e. The van der Waals surface area contributed by atoms with E-state index in [4.69, 9.17) is 0 Å². The largest absolute Gasteiger partial charge is 0.314 e. The zero-order valence-electron chi connectivity index (χ0n) is 8.82. The first-order valence-corrected chi connectivity index (χ1v) is 6.14. The number of halogens is 2. The summed E-state index contributed by atoms with van der Waals surface area (Å²) in [5, 5.41) is 3.45. The van der Waals surface area contributed by atoms with Crippen LogP contribution in [0.15, 0.2) is 16.6 Å². The van der Waals surface area contributed by atoms with Gasteiger partial charge < -0.3 is 5.32 Å². The van der Waals surface area contributed by atoms with Gasteiger partial charge in [-0.1, -0.05) is 6.07 Å². The summed E-state index contributed by atoms with van der Waals surface area (Å²) in [5.41, 5.74) is 1.93. The van der Waals surface area contributed by atoms with Crippen LogP contribution in [0.25, 0.3) is 0 Å². The molecular formula is C12H15BrFN. The lowest BCUT2D eigenvalue weighted by molar-refractivity contribution is 0.593. The van der Waals surface area contributed by atoms with Crippen molar-refractivity contribution in [3.8, 4) is 0 Å². The highest BCUT2D eigenvalue weighted by molar-refractivity contribution is 9.10. The summed E-state index contributed by atoms with van der Waals surface area (Å²) in [4.78, 5) is 0. The Balaban J connectivity index is 2.14. The highest BCUT2D eigenvalue weighted by Gasteiger charge is 2.15. The van der Waals surface area contributed by atoms with E-state index >= 15 is 0 Å². The van der Waals surface area contributed by atoms with Crippen LogP contribution in [0.4, 0.5) is 4.39 Å². The molecule has 0 saturated carbocycles. The molecule has 1 aliphatic heterocycles. The molecule has 1 aromatic rings. The third-order valence-electron chi connectivity index (χ3n) is 2.91. The fourth-order valence-electron chi connectivity index (χ4n) is 2.13. The van der Waals surface area contributed by atoms with Gasteiger partial charge in [0.25, 0.3) is 0 Å². The molecule has 15 heavy (non-hydrogen) atoms. The van der Waals surface area contributed by atoms with Crippen LogP contribution in [0.5, 0.6) is 0 Å². The van der Waals surface area contributed by atoms with Crippen LogP contribution in [0.1, 0.15) is 24.0 Å². The van der Waals surface area contributed by atoms with E-state index in [1.54, 1.807) is 0 Å². The van der Waals surface area contributed by atoms with Crippen molar-refractivity contribution in [1.82, 2.24) is 5.32 Å². The zero-order valence-corrected chi connectivity index (χ0v) is 10.4. The van der Waals surface area contributed by atoms with Crippen molar-refractivity contribution in [3.05, 3.63) is 33.5 Å². The molecule has 0 aliphatic carbocycles. The number of nitrogens with one attached hydrogen (secondary N) is 1. The molecule has 1 N–H and O–H groups in total. The molecule has 1 aliphatic rings. The summed E-state index contributed by atoms with van der Waals surface area (Å²) in [6.07, 6.45) is 3.49. The van der Waals surface area contributed by atoms with Crippen molar-refractivity contribution in [2.45, 2.75) is 32.2 Å². The predicted molar refractivity (Wildman–Crippen MR) is 63.6 cm³/mol. The Morgan fingerprint density at radius 2 is 2.33 bits per heavy atom. The Bertz CT molecular complexity index is 336. The molecular weight excluding hydrogens is 257 g/mol. The molecule has 0 spiro atoms. The minimum Gasteiger partial charge on any atom is -0.314 e. The number of hydrogen-bond acceptors (Lipinski definition) is 1. The van der Waals surface area contributed by atoms with Gasteiger partial charge in [-0.3, -0.25) is 0 Å². The molecule has 0 bridgehead atoms. The average molecular weight is 272 g/mol. The van der Waals surface area contributed by atoms with E-state index in [1.807, 2.05) is 19.1 Å². The normalized spacial score (nSPS) is 20.9. The summed E-state index contributed by atoms with van der Waals surface area (Å²) in [6, 6.07) is 4.41. The van der Waals surface area contributed by atoms with Crippen LogP contribution in [-0.4, -0.2) is 12.6 Å². The topological polar surface area (TPSA) is 12.0 Å². The van der Waals surface area contributed by atoms with Gasteiger partial charge in [0.15, 0.2) is 0 Å². The Hall–Kier alpha value is -0.410. The summed E-state index contributed by atoms with van der Waals surface area (Å²) in [6.45, 7) is 2.93. The number of hydrogen-bond donors (Lipinski definition) is 1. The summed E-state index contributed by atoms with van der Waals surface area (Å²) < 4.78 is 13.9. The molecule has 2 rings (SSSR count). The standard InChI is InChI=1S/C12H15BrFN/c1-8-5-9(7-11(13)12(8)14)6-10-3-2-4-15-10/h5,7,10,15H,2-4,6H2,1H3. The second-order valence-electron chi connectivity index (χ2n) is 4.21. The van der Waals surface area contributed by atoms with Gasteiger partial charge >= 0.3 is 0 Å². The highest BCUT2D eigenvalue weighted by atomic mass is 79.9. The molecule has 0 aromatic heterocycles. The second kappa shape index (κ2) is 4.62. The highest BCUT2D eigenvalue weighted by Crippen LogP contribution is 2.22. The third-order valence-corrected chi connectivity index (χ3v) is 3.49. The van der Waals surface area contributed by atoms with Crippen LogP contribution in [0.2, 0.25) is 0 Å². The lowest BCUT2D eigenvalue weighted by atomic mass is 10.0. The first-order valence-electron chi connectivity index (χ1n) is 5.34. The molecule has 82 valence electrons. The lowest BCUT2D eigenvalue weighted by Gasteiger charge is -2.11. The van der Waals surface area contributed by atoms with Gasteiger partial charge in [-0.05, 0) is 65.9 Å². The smallest absolute Gasteiger partial charge is 0.140 e. The van der Waals surface area contributed by atoms with Crippen LogP contribution in [0, 0.1) is 12.7 Å². The number of benzene rings is 1. The van der Waals surface area contributed by atoms with Gasteiger partial charge in [0.2, 0.25) is 0 Å². The Morgan fingerprint density at radius 1 is 1.53 bits per heavy atom. The molecule has 0 amide bonds. The first-order chi connectivity index (χ1) is 7.16. The first kappa shape index (κ1) is 11.1. The van der Waals surface area contributed by atoms with E-state index in [1.165, 1.54) is 18.4 Å². The summed E-state index contributed by atoms with van der Waals surface area (Å²) >= 11 is 3.25. The van der Waals surface area contributed by atoms with Crippen molar-refractivity contribution < 1.29 is 4.39 Å². The molecule has 1 atom stereocenters. The number of aryl methyl sites for hydroxylation is 1. The Morgan fingerprint density at radius 3 is 2.93 bits per heavy atom. The quantitative estimate of drug-likeness (QED) is 0.871. The lowest BCUT2D eigenvalue weighted by Crippen LogP contribution is -2.23. The molecule has 1 heterocycles. The van der Waals surface area contributed by atoms with E-state index < -0.39 is 0 Å². The van der Waals surface area contributed by atoms with Crippen molar-refractivity contribution in [2.24, 2.45) is 0 Å². The fourth-order valence-corrected chi connectivity index (χ4v) is 2.74. The van der Waals surface area contributed by atoms with Crippen LogP contribution >= 0.6 is 15.9 Å². The monoisotopic (exact) mass is 271 g/mol. The fraction of sp³-hybridized carbons (Fsp3) is 0.500. The van der Waals surface area contributed by atoms with Crippen molar-refractivity contribution in [1.29, 1.82) is 0 Å². The van der Waals surface area contributed by atoms with E-state index in [2.05, 4.69) is 21.2 Å². The maximum atomic E-state index is 13.4. The van der Waals surface area contributed by atoms with Gasteiger partial charge in [0, 0.05) is 6.04 Å². The van der Waals surface area contributed by atoms with Gasteiger partial charge in [0.05, 0.1) is 4.47 Å². The van der Waals surface area contributed by atoms with Gasteiger partial charge in [-0.25, -0.2) is 4.39 Å². The van der Waals surface area contributed by atoms with E-state index in [9.17, 15) is 4.39 Å². The van der Waals surface area contributed by atoms with Crippen LogP contribution in [-0.2, 0) is 6.42 Å². The predicted octanol–water partition coefficient (Wildman–Crippen LogP) is 3.19. The van der Waals surface area contributed by atoms with E-state index in [-0.39, 0.29) is 5.82 Å². The second-order valence-corrected chi connectivity index (χ2v) is 5.06. The Kier molecular flexibility index (Phi) is 3.42. The van der Waals surface area contributed by atoms with Gasteiger partial charge in [-0.2, -0.15) is 0 Å². The van der Waals surface area contributed by atoms with Crippen molar-refractivity contribution in [3.63, 3.8) is 0 Å². The van der Waals surface area contributed by atoms with Gasteiger partial charge in [-0.15, -0.1) is 0 Å². The molecule has 1 saturated heterocycles. The zero-order chi connectivity index (χ0) is 10.8. The van der Waals surface area contributed by atoms with E-state index in [0.717, 1.165) is 18.5 Å². The SMILES string of the molecule is Cc1cc(CC2CCCN2)cc(Br)c1F. The number of rotatable bonds is 2.